The normalized spacial score (nSPS) is 15.1. The van der Waals surface area contributed by atoms with Crippen molar-refractivity contribution >= 4 is 33.9 Å². The van der Waals surface area contributed by atoms with Crippen molar-refractivity contribution in [3.63, 3.8) is 0 Å². The van der Waals surface area contributed by atoms with E-state index in [0.29, 0.717) is 30.6 Å². The number of esters is 1. The number of hydrogen-bond donors (Lipinski definition) is 0. The summed E-state index contributed by atoms with van der Waals surface area (Å²) in [4.78, 5) is 16.8. The summed E-state index contributed by atoms with van der Waals surface area (Å²) in [5.74, 6) is 1.10. The zero-order valence-electron chi connectivity index (χ0n) is 18.6. The van der Waals surface area contributed by atoms with Crippen molar-refractivity contribution in [1.29, 1.82) is 0 Å². The summed E-state index contributed by atoms with van der Waals surface area (Å²) in [5, 5.41) is 0. The van der Waals surface area contributed by atoms with Crippen LogP contribution < -0.4 is 9.47 Å². The van der Waals surface area contributed by atoms with Crippen LogP contribution in [-0.2, 0) is 14.9 Å². The molecule has 0 spiro atoms. The molecule has 2 aromatic carbocycles. The van der Waals surface area contributed by atoms with E-state index in [1.54, 1.807) is 6.08 Å². The minimum Gasteiger partial charge on any atom is -0.490 e. The van der Waals surface area contributed by atoms with Gasteiger partial charge in [0, 0.05) is 5.56 Å². The molecular formula is C25H28BrNO4. The van der Waals surface area contributed by atoms with Crippen molar-refractivity contribution in [2.24, 2.45) is 4.99 Å². The van der Waals surface area contributed by atoms with Crippen molar-refractivity contribution in [3.8, 4) is 11.5 Å². The monoisotopic (exact) mass is 485 g/mol. The number of rotatable bonds is 7. The van der Waals surface area contributed by atoms with E-state index < -0.39 is 5.97 Å². The van der Waals surface area contributed by atoms with E-state index in [1.165, 1.54) is 5.56 Å². The molecule has 0 saturated carbocycles. The average Bonchev–Trinajstić information content (AvgIpc) is 3.07. The van der Waals surface area contributed by atoms with Crippen molar-refractivity contribution in [2.75, 3.05) is 13.2 Å². The zero-order chi connectivity index (χ0) is 22.6. The van der Waals surface area contributed by atoms with Gasteiger partial charge in [-0.1, -0.05) is 39.8 Å². The Hall–Kier alpha value is -2.60. The molecule has 0 N–H and O–H groups in total. The van der Waals surface area contributed by atoms with Crippen molar-refractivity contribution < 1.29 is 19.0 Å². The highest BCUT2D eigenvalue weighted by Gasteiger charge is 2.25. The Morgan fingerprint density at radius 3 is 2.42 bits per heavy atom. The lowest BCUT2D eigenvalue weighted by Gasteiger charge is -2.18. The molecule has 0 aromatic heterocycles. The van der Waals surface area contributed by atoms with Gasteiger partial charge in [-0.05, 0) is 76.2 Å². The molecule has 1 aliphatic rings. The quantitative estimate of drug-likeness (QED) is 0.342. The molecule has 0 saturated heterocycles. The van der Waals surface area contributed by atoms with Gasteiger partial charge in [-0.25, -0.2) is 9.79 Å². The second-order valence-electron chi connectivity index (χ2n) is 8.27. The molecule has 0 aliphatic carbocycles. The first-order valence-corrected chi connectivity index (χ1v) is 11.2. The number of aliphatic imine (C=N–C) groups is 1. The fourth-order valence-electron chi connectivity index (χ4n) is 3.08. The van der Waals surface area contributed by atoms with Crippen LogP contribution in [0.15, 0.2) is 51.6 Å². The van der Waals surface area contributed by atoms with Gasteiger partial charge in [-0.15, -0.1) is 0 Å². The number of carbonyl (C=O) groups is 1. The summed E-state index contributed by atoms with van der Waals surface area (Å²) in [6, 6.07) is 11.6. The smallest absolute Gasteiger partial charge is 0.363 e. The SMILES string of the molecule is CCCOc1c(Br)cc(C=C2N=C(c3ccc(C(C)(C)C)cc3)OC2=O)cc1OCC. The van der Waals surface area contributed by atoms with Crippen LogP contribution in [0.4, 0.5) is 0 Å². The predicted octanol–water partition coefficient (Wildman–Crippen LogP) is 6.28. The Morgan fingerprint density at radius 1 is 1.10 bits per heavy atom. The summed E-state index contributed by atoms with van der Waals surface area (Å²) < 4.78 is 17.7. The van der Waals surface area contributed by atoms with E-state index in [0.717, 1.165) is 22.0 Å². The lowest BCUT2D eigenvalue weighted by atomic mass is 9.87. The van der Waals surface area contributed by atoms with E-state index in [2.05, 4.69) is 41.7 Å². The highest BCUT2D eigenvalue weighted by Crippen LogP contribution is 2.38. The third-order valence-corrected chi connectivity index (χ3v) is 5.29. The highest BCUT2D eigenvalue weighted by atomic mass is 79.9. The van der Waals surface area contributed by atoms with E-state index in [9.17, 15) is 4.79 Å². The van der Waals surface area contributed by atoms with Crippen LogP contribution in [-0.4, -0.2) is 25.1 Å². The first-order valence-electron chi connectivity index (χ1n) is 10.5. The Bertz CT molecular complexity index is 1020. The maximum Gasteiger partial charge on any atom is 0.363 e. The largest absolute Gasteiger partial charge is 0.490 e. The van der Waals surface area contributed by atoms with Gasteiger partial charge in [0.15, 0.2) is 17.2 Å². The lowest BCUT2D eigenvalue weighted by molar-refractivity contribution is -0.129. The Balaban J connectivity index is 1.91. The fraction of sp³-hybridized carbons (Fsp3) is 0.360. The molecule has 31 heavy (non-hydrogen) atoms. The minimum absolute atomic E-state index is 0.0520. The van der Waals surface area contributed by atoms with E-state index in [1.807, 2.05) is 50.2 Å². The van der Waals surface area contributed by atoms with Crippen LogP contribution in [0.25, 0.3) is 6.08 Å². The number of carbonyl (C=O) groups excluding carboxylic acids is 1. The van der Waals surface area contributed by atoms with Gasteiger partial charge in [0.25, 0.3) is 0 Å². The second kappa shape index (κ2) is 9.69. The van der Waals surface area contributed by atoms with E-state index in [4.69, 9.17) is 14.2 Å². The fourth-order valence-corrected chi connectivity index (χ4v) is 3.66. The molecule has 164 valence electrons. The topological polar surface area (TPSA) is 57.1 Å². The van der Waals surface area contributed by atoms with E-state index in [-0.39, 0.29) is 11.1 Å². The Labute approximate surface area is 192 Å². The Kier molecular flexibility index (Phi) is 7.21. The molecular weight excluding hydrogens is 458 g/mol. The second-order valence-corrected chi connectivity index (χ2v) is 9.13. The van der Waals surface area contributed by atoms with Crippen molar-refractivity contribution in [1.82, 2.24) is 0 Å². The van der Waals surface area contributed by atoms with Gasteiger partial charge in [-0.2, -0.15) is 0 Å². The third kappa shape index (κ3) is 5.56. The Morgan fingerprint density at radius 2 is 1.81 bits per heavy atom. The molecule has 0 unspecified atom stereocenters. The molecule has 0 radical (unpaired) electrons. The molecule has 0 fully saturated rings. The molecule has 5 nitrogen and oxygen atoms in total. The first-order chi connectivity index (χ1) is 14.7. The lowest BCUT2D eigenvalue weighted by Crippen LogP contribution is -2.11. The number of cyclic esters (lactones) is 1. The summed E-state index contributed by atoms with van der Waals surface area (Å²) in [6.45, 7) is 11.5. The predicted molar refractivity (Wildman–Crippen MR) is 127 cm³/mol. The summed E-state index contributed by atoms with van der Waals surface area (Å²) in [5.41, 5.74) is 3.03. The minimum atomic E-state index is -0.477. The standard InChI is InChI=1S/C25H28BrNO4/c1-6-12-30-22-19(26)13-16(15-21(22)29-7-2)14-20-24(28)31-23(27-20)17-8-10-18(11-9-17)25(3,4)5/h8-11,13-15H,6-7,12H2,1-5H3. The van der Waals surface area contributed by atoms with Crippen LogP contribution in [0.1, 0.15) is 57.7 Å². The molecule has 1 aliphatic heterocycles. The van der Waals surface area contributed by atoms with Crippen LogP contribution >= 0.6 is 15.9 Å². The zero-order valence-corrected chi connectivity index (χ0v) is 20.2. The summed E-state index contributed by atoms with van der Waals surface area (Å²) in [7, 11) is 0. The first kappa shape index (κ1) is 23.1. The highest BCUT2D eigenvalue weighted by molar-refractivity contribution is 9.10. The van der Waals surface area contributed by atoms with Gasteiger partial charge in [-0.3, -0.25) is 0 Å². The maximum atomic E-state index is 12.4. The van der Waals surface area contributed by atoms with Crippen LogP contribution in [0.2, 0.25) is 0 Å². The molecule has 0 atom stereocenters. The van der Waals surface area contributed by atoms with Crippen LogP contribution in [0, 0.1) is 0 Å². The number of halogens is 1. The summed E-state index contributed by atoms with van der Waals surface area (Å²) in [6.07, 6.45) is 2.58. The van der Waals surface area contributed by atoms with Gasteiger partial charge in [0.05, 0.1) is 17.7 Å². The number of hydrogen-bond acceptors (Lipinski definition) is 5. The van der Waals surface area contributed by atoms with Crippen molar-refractivity contribution in [3.05, 3.63) is 63.3 Å². The number of nitrogens with zero attached hydrogens (tertiary/aromatic N) is 1. The molecule has 0 amide bonds. The number of benzene rings is 2. The van der Waals surface area contributed by atoms with Gasteiger partial charge in [0.1, 0.15) is 0 Å². The average molecular weight is 486 g/mol. The van der Waals surface area contributed by atoms with E-state index >= 15 is 0 Å². The molecule has 2 aromatic rings. The van der Waals surface area contributed by atoms with Crippen LogP contribution in [0.3, 0.4) is 0 Å². The van der Waals surface area contributed by atoms with Gasteiger partial charge in [0.2, 0.25) is 5.90 Å². The molecule has 0 bridgehead atoms. The molecule has 6 heteroatoms. The summed E-state index contributed by atoms with van der Waals surface area (Å²) >= 11 is 3.55. The molecule has 3 rings (SSSR count). The third-order valence-electron chi connectivity index (χ3n) is 4.70. The van der Waals surface area contributed by atoms with Crippen LogP contribution in [0.5, 0.6) is 11.5 Å². The number of ether oxygens (including phenoxy) is 3. The van der Waals surface area contributed by atoms with Gasteiger partial charge >= 0.3 is 5.97 Å². The van der Waals surface area contributed by atoms with Gasteiger partial charge < -0.3 is 14.2 Å². The molecule has 1 heterocycles. The maximum absolute atomic E-state index is 12.4. The van der Waals surface area contributed by atoms with Crippen molar-refractivity contribution in [2.45, 2.75) is 46.5 Å².